The normalized spacial score (nSPS) is 16.5. The smallest absolute Gasteiger partial charge is 0.234 e. The third-order valence-electron chi connectivity index (χ3n) is 8.49. The average molecular weight is 633 g/mol. The first-order valence-electron chi connectivity index (χ1n) is 16.5. The number of rotatable bonds is 7. The Morgan fingerprint density at radius 3 is 2.31 bits per heavy atom. The number of hydrogen-bond acceptors (Lipinski definition) is 8. The molecule has 0 aliphatic carbocycles. The Bertz CT molecular complexity index is 1470. The number of aromatic nitrogens is 1. The van der Waals surface area contributed by atoms with Crippen LogP contribution in [0.4, 0.5) is 11.5 Å². The molecule has 0 spiro atoms. The first-order chi connectivity index (χ1) is 22.0. The van der Waals surface area contributed by atoms with Crippen LogP contribution >= 0.6 is 11.6 Å². The number of morpholine rings is 1. The van der Waals surface area contributed by atoms with Gasteiger partial charge in [0.1, 0.15) is 24.1 Å². The second-order valence-corrected chi connectivity index (χ2v) is 11.4. The molecule has 45 heavy (non-hydrogen) atoms. The van der Waals surface area contributed by atoms with Crippen LogP contribution in [-0.4, -0.2) is 87.0 Å². The highest BCUT2D eigenvalue weighted by Crippen LogP contribution is 2.39. The van der Waals surface area contributed by atoms with Gasteiger partial charge in [-0.15, -0.1) is 0 Å². The Labute approximate surface area is 274 Å². The summed E-state index contributed by atoms with van der Waals surface area (Å²) in [5, 5.41) is 13.3. The largest absolute Gasteiger partial charge is 0.475 e. The Morgan fingerprint density at radius 2 is 1.64 bits per heavy atom. The van der Waals surface area contributed by atoms with Gasteiger partial charge in [-0.3, -0.25) is 4.90 Å². The standard InChI is InChI=1S/C32H37ClN6O2.2C2H6/c1-23(2)37-11-13-38(14-12-37)31-25-9-10-39(29-8-4-6-24-5-3-7-28(33)30(24)29)22-27(25)26(21-34)32(35-31)41-20-17-36-15-18-40-19-16-36;2*1-2/h3-8H,1,9-20,22H2,2H3;2*1-2H3. The average Bonchev–Trinajstić information content (AvgIpc) is 3.10. The summed E-state index contributed by atoms with van der Waals surface area (Å²) in [5.74, 6) is 1.40. The third kappa shape index (κ3) is 7.84. The lowest BCUT2D eigenvalue weighted by Gasteiger charge is -2.40. The quantitative estimate of drug-likeness (QED) is 0.284. The van der Waals surface area contributed by atoms with E-state index in [-0.39, 0.29) is 0 Å². The van der Waals surface area contributed by atoms with Gasteiger partial charge in [0, 0.05) is 86.8 Å². The van der Waals surface area contributed by atoms with E-state index in [9.17, 15) is 5.26 Å². The second kappa shape index (κ2) is 16.7. The summed E-state index contributed by atoms with van der Waals surface area (Å²) in [6, 6.07) is 14.8. The van der Waals surface area contributed by atoms with Crippen LogP contribution in [0.15, 0.2) is 48.7 Å². The number of halogens is 1. The van der Waals surface area contributed by atoms with Crippen LogP contribution in [-0.2, 0) is 17.7 Å². The molecule has 0 N–H and O–H groups in total. The zero-order valence-corrected chi connectivity index (χ0v) is 28.5. The molecule has 3 aliphatic heterocycles. The highest BCUT2D eigenvalue weighted by Gasteiger charge is 2.31. The van der Waals surface area contributed by atoms with Gasteiger partial charge in [0.05, 0.1) is 18.2 Å². The van der Waals surface area contributed by atoms with E-state index < -0.39 is 0 Å². The topological polar surface area (TPSA) is 68.1 Å². The van der Waals surface area contributed by atoms with Crippen molar-refractivity contribution in [3.8, 4) is 11.9 Å². The molecule has 2 fully saturated rings. The number of ether oxygens (including phenoxy) is 2. The van der Waals surface area contributed by atoms with Crippen LogP contribution in [0.25, 0.3) is 10.8 Å². The van der Waals surface area contributed by atoms with Crippen LogP contribution in [0.3, 0.4) is 0 Å². The van der Waals surface area contributed by atoms with E-state index in [0.29, 0.717) is 24.6 Å². The maximum absolute atomic E-state index is 10.4. The predicted octanol–water partition coefficient (Wildman–Crippen LogP) is 6.74. The molecule has 0 bridgehead atoms. The molecule has 0 radical (unpaired) electrons. The van der Waals surface area contributed by atoms with E-state index in [1.54, 1.807) is 0 Å². The van der Waals surface area contributed by atoms with E-state index in [1.807, 2.05) is 39.8 Å². The second-order valence-electron chi connectivity index (χ2n) is 11.0. The van der Waals surface area contributed by atoms with Gasteiger partial charge in [-0.25, -0.2) is 0 Å². The van der Waals surface area contributed by atoms with Crippen LogP contribution in [0.2, 0.25) is 5.02 Å². The van der Waals surface area contributed by atoms with Crippen molar-refractivity contribution in [2.24, 2.45) is 0 Å². The van der Waals surface area contributed by atoms with Crippen molar-refractivity contribution in [2.75, 3.05) is 82.0 Å². The van der Waals surface area contributed by atoms with E-state index in [1.165, 1.54) is 0 Å². The molecule has 2 aromatic carbocycles. The molecule has 0 atom stereocenters. The molecular formula is C36H49ClN6O2. The first-order valence-corrected chi connectivity index (χ1v) is 16.9. The van der Waals surface area contributed by atoms with E-state index in [2.05, 4.69) is 63.4 Å². The number of fused-ring (bicyclic) bond motifs is 2. The van der Waals surface area contributed by atoms with Gasteiger partial charge < -0.3 is 24.2 Å². The fourth-order valence-electron chi connectivity index (χ4n) is 6.21. The van der Waals surface area contributed by atoms with Gasteiger partial charge in [-0.05, 0) is 30.9 Å². The lowest BCUT2D eigenvalue weighted by atomic mass is 9.94. The minimum absolute atomic E-state index is 0.439. The van der Waals surface area contributed by atoms with Gasteiger partial charge in [-0.1, -0.05) is 70.1 Å². The molecule has 0 amide bonds. The van der Waals surface area contributed by atoms with Crippen molar-refractivity contribution < 1.29 is 9.47 Å². The lowest BCUT2D eigenvalue weighted by molar-refractivity contribution is 0.0320. The molecule has 2 saturated heterocycles. The van der Waals surface area contributed by atoms with Crippen LogP contribution in [0, 0.1) is 11.3 Å². The number of nitrogens with zero attached hydrogens (tertiary/aromatic N) is 6. The maximum atomic E-state index is 10.4. The molecule has 4 heterocycles. The number of anilines is 2. The van der Waals surface area contributed by atoms with Crippen molar-refractivity contribution in [1.29, 1.82) is 5.26 Å². The molecule has 3 aliphatic rings. The van der Waals surface area contributed by atoms with Crippen molar-refractivity contribution in [3.63, 3.8) is 0 Å². The number of piperazine rings is 1. The Hall–Kier alpha value is -3.51. The fourth-order valence-corrected chi connectivity index (χ4v) is 6.49. The van der Waals surface area contributed by atoms with Crippen LogP contribution in [0.1, 0.15) is 51.3 Å². The minimum Gasteiger partial charge on any atom is -0.475 e. The number of hydrogen-bond donors (Lipinski definition) is 0. The minimum atomic E-state index is 0.439. The number of allylic oxidation sites excluding steroid dienone is 1. The molecule has 0 saturated carbocycles. The third-order valence-corrected chi connectivity index (χ3v) is 8.81. The monoisotopic (exact) mass is 632 g/mol. The fraction of sp³-hybridized carbons (Fsp3) is 0.500. The Balaban J connectivity index is 0.00000111. The van der Waals surface area contributed by atoms with Crippen LogP contribution < -0.4 is 14.5 Å². The number of pyridine rings is 1. The van der Waals surface area contributed by atoms with Crippen molar-refractivity contribution in [3.05, 3.63) is 70.4 Å². The molecule has 8 nitrogen and oxygen atoms in total. The zero-order chi connectivity index (χ0) is 32.3. The lowest BCUT2D eigenvalue weighted by Crippen LogP contribution is -2.46. The summed E-state index contributed by atoms with van der Waals surface area (Å²) in [6.45, 7) is 23.7. The predicted molar refractivity (Wildman–Crippen MR) is 187 cm³/mol. The summed E-state index contributed by atoms with van der Waals surface area (Å²) in [5.41, 5.74) is 4.90. The molecular weight excluding hydrogens is 584 g/mol. The van der Waals surface area contributed by atoms with E-state index >= 15 is 0 Å². The van der Waals surface area contributed by atoms with Crippen LogP contribution in [0.5, 0.6) is 5.88 Å². The van der Waals surface area contributed by atoms with Crippen molar-refractivity contribution in [1.82, 2.24) is 14.8 Å². The Morgan fingerprint density at radius 1 is 0.956 bits per heavy atom. The number of nitriles is 1. The molecule has 3 aromatic rings. The zero-order valence-electron chi connectivity index (χ0n) is 27.7. The SMILES string of the molecule is C=C(C)N1CCN(c2nc(OCCN3CCOCC3)c(C#N)c3c2CCN(c2cccc4cccc(Cl)c24)C3)CC1.CC.CC. The van der Waals surface area contributed by atoms with Gasteiger partial charge >= 0.3 is 0 Å². The van der Waals surface area contributed by atoms with E-state index in [0.717, 1.165) is 116 Å². The molecule has 242 valence electrons. The summed E-state index contributed by atoms with van der Waals surface area (Å²) in [4.78, 5) is 14.4. The summed E-state index contributed by atoms with van der Waals surface area (Å²) < 4.78 is 11.8. The number of benzene rings is 2. The summed E-state index contributed by atoms with van der Waals surface area (Å²) >= 11 is 6.71. The molecule has 9 heteroatoms. The van der Waals surface area contributed by atoms with E-state index in [4.69, 9.17) is 26.1 Å². The highest BCUT2D eigenvalue weighted by atomic mass is 35.5. The van der Waals surface area contributed by atoms with Crippen molar-refractivity contribution >= 4 is 33.9 Å². The van der Waals surface area contributed by atoms with Gasteiger partial charge in [-0.2, -0.15) is 10.2 Å². The maximum Gasteiger partial charge on any atom is 0.234 e. The summed E-state index contributed by atoms with van der Waals surface area (Å²) in [6.07, 6.45) is 0.794. The van der Waals surface area contributed by atoms with Gasteiger partial charge in [0.25, 0.3) is 0 Å². The Kier molecular flexibility index (Phi) is 12.8. The van der Waals surface area contributed by atoms with Crippen molar-refractivity contribution in [2.45, 2.75) is 47.6 Å². The van der Waals surface area contributed by atoms with Gasteiger partial charge in [0.2, 0.25) is 5.88 Å². The van der Waals surface area contributed by atoms with Gasteiger partial charge in [0.15, 0.2) is 0 Å². The molecule has 6 rings (SSSR count). The molecule has 1 aromatic heterocycles. The summed E-state index contributed by atoms with van der Waals surface area (Å²) in [7, 11) is 0. The first kappa shape index (κ1) is 34.4. The molecule has 0 unspecified atom stereocenters. The highest BCUT2D eigenvalue weighted by molar-refractivity contribution is 6.36.